The molecule has 0 aliphatic carbocycles. The maximum atomic E-state index is 13.1. The van der Waals surface area contributed by atoms with Crippen LogP contribution in [-0.2, 0) is 28.5 Å². The third kappa shape index (κ3) is 8.95. The van der Waals surface area contributed by atoms with Crippen LogP contribution in [0.5, 0.6) is 0 Å². The van der Waals surface area contributed by atoms with Crippen LogP contribution in [0.2, 0.25) is 0 Å². The summed E-state index contributed by atoms with van der Waals surface area (Å²) in [5, 5.41) is 20.3. The lowest BCUT2D eigenvalue weighted by Gasteiger charge is -2.43. The van der Waals surface area contributed by atoms with Crippen LogP contribution in [0.4, 0.5) is 0 Å². The molecule has 0 aromatic heterocycles. The smallest absolute Gasteiger partial charge is 0.338 e. The molecule has 1 fully saturated rings. The molecule has 0 spiro atoms. The minimum atomic E-state index is -1.60. The second kappa shape index (κ2) is 15.6. The maximum absolute atomic E-state index is 13.1. The van der Waals surface area contributed by atoms with Crippen LogP contribution in [0.3, 0.4) is 0 Å². The Hall–Kier alpha value is -4.58. The lowest BCUT2D eigenvalue weighted by atomic mass is 9.98. The number of unbranched alkanes of at least 4 members (excludes halogenated alkanes) is 1. The molecule has 226 valence electrons. The summed E-state index contributed by atoms with van der Waals surface area (Å²) in [6.07, 6.45) is -6.56. The molecule has 0 bridgehead atoms. The van der Waals surface area contributed by atoms with Crippen molar-refractivity contribution in [1.82, 2.24) is 0 Å². The second-order valence-corrected chi connectivity index (χ2v) is 9.69. The van der Waals surface area contributed by atoms with Crippen molar-refractivity contribution in [3.8, 4) is 0 Å². The van der Waals surface area contributed by atoms with Crippen LogP contribution in [0.1, 0.15) is 50.3 Å². The summed E-state index contributed by atoms with van der Waals surface area (Å²) in [6, 6.07) is 24.3. The summed E-state index contributed by atoms with van der Waals surface area (Å²) in [6.45, 7) is -0.435. The highest BCUT2D eigenvalue weighted by molar-refractivity contribution is 5.90. The second-order valence-electron chi connectivity index (χ2n) is 9.69. The van der Waals surface area contributed by atoms with Gasteiger partial charge in [-0.25, -0.2) is 14.4 Å². The number of rotatable bonds is 13. The highest BCUT2D eigenvalue weighted by Gasteiger charge is 2.51. The van der Waals surface area contributed by atoms with Crippen molar-refractivity contribution in [3.05, 3.63) is 108 Å². The lowest BCUT2D eigenvalue weighted by molar-refractivity contribution is -0.299. The fourth-order valence-corrected chi connectivity index (χ4v) is 4.35. The zero-order valence-electron chi connectivity index (χ0n) is 23.2. The van der Waals surface area contributed by atoms with Gasteiger partial charge in [0, 0.05) is 13.0 Å². The first-order valence-electron chi connectivity index (χ1n) is 13.7. The zero-order valence-corrected chi connectivity index (χ0v) is 23.2. The van der Waals surface area contributed by atoms with Gasteiger partial charge in [0.15, 0.2) is 18.5 Å². The van der Waals surface area contributed by atoms with Gasteiger partial charge in [0.25, 0.3) is 0 Å². The predicted octanol–water partition coefficient (Wildman–Crippen LogP) is 3.65. The molecule has 3 aromatic carbocycles. The van der Waals surface area contributed by atoms with E-state index >= 15 is 0 Å². The Morgan fingerprint density at radius 1 is 0.674 bits per heavy atom. The third-order valence-corrected chi connectivity index (χ3v) is 6.58. The van der Waals surface area contributed by atoms with Gasteiger partial charge in [-0.05, 0) is 49.2 Å². The van der Waals surface area contributed by atoms with Crippen LogP contribution in [0.15, 0.2) is 91.0 Å². The SMILES string of the molecule is O=C(O)CCCCO[C@H]1OC(COC(=O)c2ccccc2)[C@@H](O)C(OC(=O)c2ccccc2)C1OC(=O)c1ccccc1. The number of carbonyl (C=O) groups is 4. The third-order valence-electron chi connectivity index (χ3n) is 6.58. The number of aliphatic carboxylic acids is 1. The first kappa shape index (κ1) is 31.4. The van der Waals surface area contributed by atoms with E-state index in [1.165, 1.54) is 24.3 Å². The number of esters is 3. The van der Waals surface area contributed by atoms with E-state index in [9.17, 15) is 24.3 Å². The van der Waals surface area contributed by atoms with Gasteiger partial charge in [0.2, 0.25) is 0 Å². The van der Waals surface area contributed by atoms with Crippen molar-refractivity contribution < 1.29 is 53.1 Å². The monoisotopic (exact) mass is 592 g/mol. The van der Waals surface area contributed by atoms with E-state index < -0.39 is 61.2 Å². The Morgan fingerprint density at radius 3 is 1.67 bits per heavy atom. The van der Waals surface area contributed by atoms with E-state index in [-0.39, 0.29) is 29.7 Å². The molecule has 4 rings (SSSR count). The van der Waals surface area contributed by atoms with Crippen LogP contribution < -0.4 is 0 Å². The molecule has 3 unspecified atom stereocenters. The van der Waals surface area contributed by atoms with Crippen molar-refractivity contribution >= 4 is 23.9 Å². The minimum Gasteiger partial charge on any atom is -0.481 e. The number of carboxylic acid groups (broad SMARTS) is 1. The number of carboxylic acids is 1. The molecule has 5 atom stereocenters. The topological polar surface area (TPSA) is 155 Å². The number of carbonyl (C=O) groups excluding carboxylic acids is 3. The molecule has 1 saturated heterocycles. The van der Waals surface area contributed by atoms with Gasteiger partial charge >= 0.3 is 23.9 Å². The lowest BCUT2D eigenvalue weighted by Crippen LogP contribution is -2.62. The highest BCUT2D eigenvalue weighted by atomic mass is 16.7. The minimum absolute atomic E-state index is 0.00328. The zero-order chi connectivity index (χ0) is 30.6. The average molecular weight is 593 g/mol. The molecule has 1 aliphatic rings. The molecular formula is C32H32O11. The van der Waals surface area contributed by atoms with E-state index in [1.54, 1.807) is 66.7 Å². The van der Waals surface area contributed by atoms with Gasteiger partial charge in [0.1, 0.15) is 18.8 Å². The number of aliphatic hydroxyl groups is 1. The Balaban J connectivity index is 1.58. The molecule has 11 heteroatoms. The van der Waals surface area contributed by atoms with Crippen molar-refractivity contribution in [2.24, 2.45) is 0 Å². The van der Waals surface area contributed by atoms with Crippen molar-refractivity contribution in [3.63, 3.8) is 0 Å². The first-order valence-corrected chi connectivity index (χ1v) is 13.7. The van der Waals surface area contributed by atoms with Gasteiger partial charge in [-0.3, -0.25) is 4.79 Å². The standard InChI is InChI=1S/C32H32O11/c33-25(34)18-10-11-19-39-32-28(43-31(38)23-16-8-3-9-17-23)27(42-30(37)22-14-6-2-7-15-22)26(35)24(41-32)20-40-29(36)21-12-4-1-5-13-21/h1-9,12-17,24,26-28,32,35H,10-11,18-20H2,(H,33,34)/t24?,26-,27?,28?,32+/m1/s1. The molecule has 3 aromatic rings. The predicted molar refractivity (Wildman–Crippen MR) is 150 cm³/mol. The summed E-state index contributed by atoms with van der Waals surface area (Å²) in [7, 11) is 0. The van der Waals surface area contributed by atoms with E-state index in [0.717, 1.165) is 0 Å². The fourth-order valence-electron chi connectivity index (χ4n) is 4.35. The molecule has 0 radical (unpaired) electrons. The molecule has 2 N–H and O–H groups in total. The Morgan fingerprint density at radius 2 is 1.16 bits per heavy atom. The summed E-state index contributed by atoms with van der Waals surface area (Å²) >= 11 is 0. The van der Waals surface area contributed by atoms with Crippen molar-refractivity contribution in [2.45, 2.75) is 50.0 Å². The summed E-state index contributed by atoms with van der Waals surface area (Å²) in [5.41, 5.74) is 0.664. The van der Waals surface area contributed by atoms with Crippen LogP contribution in [-0.4, -0.2) is 78.0 Å². The van der Waals surface area contributed by atoms with Gasteiger partial charge in [-0.1, -0.05) is 54.6 Å². The quantitative estimate of drug-likeness (QED) is 0.170. The van der Waals surface area contributed by atoms with E-state index in [2.05, 4.69) is 0 Å². The van der Waals surface area contributed by atoms with Crippen LogP contribution >= 0.6 is 0 Å². The molecule has 43 heavy (non-hydrogen) atoms. The van der Waals surface area contributed by atoms with E-state index in [0.29, 0.717) is 12.8 Å². The maximum Gasteiger partial charge on any atom is 0.338 e. The Bertz CT molecular complexity index is 1350. The number of hydrogen-bond acceptors (Lipinski definition) is 10. The summed E-state index contributed by atoms with van der Waals surface area (Å²) in [5.74, 6) is -3.21. The van der Waals surface area contributed by atoms with Crippen molar-refractivity contribution in [2.75, 3.05) is 13.2 Å². The molecule has 0 amide bonds. The Kier molecular flexibility index (Phi) is 11.4. The van der Waals surface area contributed by atoms with Gasteiger partial charge in [-0.2, -0.15) is 0 Å². The van der Waals surface area contributed by atoms with Gasteiger partial charge in [-0.15, -0.1) is 0 Å². The summed E-state index contributed by atoms with van der Waals surface area (Å²) in [4.78, 5) is 49.7. The van der Waals surface area contributed by atoms with Gasteiger partial charge in [0.05, 0.1) is 16.7 Å². The molecule has 11 nitrogen and oxygen atoms in total. The van der Waals surface area contributed by atoms with E-state index in [4.69, 9.17) is 28.8 Å². The Labute approximate surface area is 247 Å². The largest absolute Gasteiger partial charge is 0.481 e. The van der Waals surface area contributed by atoms with E-state index in [1.807, 2.05) is 0 Å². The molecule has 0 saturated carbocycles. The first-order chi connectivity index (χ1) is 20.8. The highest BCUT2D eigenvalue weighted by Crippen LogP contribution is 2.29. The van der Waals surface area contributed by atoms with Crippen LogP contribution in [0, 0.1) is 0 Å². The van der Waals surface area contributed by atoms with Gasteiger partial charge < -0.3 is 33.9 Å². The number of hydrogen-bond donors (Lipinski definition) is 2. The normalized spacial score (nSPS) is 21.4. The fraction of sp³-hybridized carbons (Fsp3) is 0.312. The molecular weight excluding hydrogens is 560 g/mol. The van der Waals surface area contributed by atoms with Crippen molar-refractivity contribution in [1.29, 1.82) is 0 Å². The molecule has 1 heterocycles. The molecule has 1 aliphatic heterocycles. The number of ether oxygens (including phenoxy) is 5. The van der Waals surface area contributed by atoms with Crippen LogP contribution in [0.25, 0.3) is 0 Å². The average Bonchev–Trinajstić information content (AvgIpc) is 3.03. The number of benzene rings is 3. The number of aliphatic hydroxyl groups excluding tert-OH is 1. The summed E-state index contributed by atoms with van der Waals surface area (Å²) < 4.78 is 28.6.